The van der Waals surface area contributed by atoms with Gasteiger partial charge in [0, 0.05) is 18.9 Å². The summed E-state index contributed by atoms with van der Waals surface area (Å²) in [4.78, 5) is 12.2. The highest BCUT2D eigenvalue weighted by atomic mass is 16.5. The van der Waals surface area contributed by atoms with Gasteiger partial charge in [-0.15, -0.1) is 0 Å². The molecule has 5 atom stereocenters. The van der Waals surface area contributed by atoms with E-state index in [9.17, 15) is 4.79 Å². The lowest BCUT2D eigenvalue weighted by Crippen LogP contribution is -2.75. The molecule has 5 nitrogen and oxygen atoms in total. The van der Waals surface area contributed by atoms with E-state index < -0.39 is 0 Å². The van der Waals surface area contributed by atoms with Gasteiger partial charge in [-0.25, -0.2) is 4.79 Å². The van der Waals surface area contributed by atoms with E-state index in [1.54, 1.807) is 4.57 Å². The highest BCUT2D eigenvalue weighted by Gasteiger charge is 2.78. The van der Waals surface area contributed by atoms with Crippen LogP contribution < -0.4 is 5.76 Å². The number of para-hydroxylation sites is 2. The van der Waals surface area contributed by atoms with Gasteiger partial charge in [-0.1, -0.05) is 36.4 Å². The van der Waals surface area contributed by atoms with Crippen LogP contribution in [0.3, 0.4) is 0 Å². The van der Waals surface area contributed by atoms with Crippen LogP contribution in [0.1, 0.15) is 30.4 Å². The van der Waals surface area contributed by atoms with Crippen molar-refractivity contribution < 1.29 is 13.6 Å². The van der Waals surface area contributed by atoms with Crippen LogP contribution in [0.2, 0.25) is 0 Å². The minimum atomic E-state index is -0.230. The molecule has 3 aromatic rings. The Morgan fingerprint density at radius 3 is 2.83 bits per heavy atom. The van der Waals surface area contributed by atoms with Crippen molar-refractivity contribution in [3.8, 4) is 0 Å². The van der Waals surface area contributed by atoms with Gasteiger partial charge in [-0.3, -0.25) is 4.57 Å². The Labute approximate surface area is 175 Å². The van der Waals surface area contributed by atoms with Crippen molar-refractivity contribution >= 4 is 11.1 Å². The Hall–Kier alpha value is -2.37. The highest BCUT2D eigenvalue weighted by molar-refractivity contribution is 5.72. The first-order valence-corrected chi connectivity index (χ1v) is 11.4. The topological polar surface area (TPSA) is 44.4 Å². The average molecular weight is 404 g/mol. The second-order valence-corrected chi connectivity index (χ2v) is 9.85. The summed E-state index contributed by atoms with van der Waals surface area (Å²) in [5.41, 5.74) is 4.52. The lowest BCUT2D eigenvalue weighted by atomic mass is 9.68. The molecule has 2 saturated heterocycles. The lowest BCUT2D eigenvalue weighted by molar-refractivity contribution is -0.999. The normalized spacial score (nSPS) is 35.3. The van der Waals surface area contributed by atoms with E-state index in [-0.39, 0.29) is 11.4 Å². The number of hydrogen-bond donors (Lipinski definition) is 0. The molecule has 2 bridgehead atoms. The smallest absolute Gasteiger partial charge is 0.408 e. The molecule has 0 N–H and O–H groups in total. The molecule has 1 saturated carbocycles. The molecule has 30 heavy (non-hydrogen) atoms. The number of piperidine rings is 2. The summed E-state index contributed by atoms with van der Waals surface area (Å²) in [7, 11) is 0. The van der Waals surface area contributed by atoms with Crippen LogP contribution in [-0.4, -0.2) is 34.7 Å². The third-order valence-electron chi connectivity index (χ3n) is 8.71. The van der Waals surface area contributed by atoms with Crippen molar-refractivity contribution in [2.24, 2.45) is 11.8 Å². The summed E-state index contributed by atoms with van der Waals surface area (Å²) in [5, 5.41) is 0. The van der Waals surface area contributed by atoms with Gasteiger partial charge in [0.15, 0.2) is 5.58 Å². The van der Waals surface area contributed by atoms with Crippen LogP contribution in [0, 0.1) is 11.8 Å². The number of hydrogen-bond acceptors (Lipinski definition) is 3. The van der Waals surface area contributed by atoms with Gasteiger partial charge in [0.2, 0.25) is 0 Å². The van der Waals surface area contributed by atoms with E-state index in [1.807, 2.05) is 24.3 Å². The summed E-state index contributed by atoms with van der Waals surface area (Å²) in [6.07, 6.45) is 3.51. The molecule has 154 valence electrons. The van der Waals surface area contributed by atoms with E-state index >= 15 is 0 Å². The standard InChI is InChI=1S/C25H27N2O3/c28-24-26(21-9-3-4-10-23(21)30-24)11-5-6-12-27-14-18-13-22(27)20(15-27)25(18)19-8-2-1-7-17(19)16-29-25/h1-4,7-10,18,20,22H,5-6,11-16H2/q+1. The molecule has 1 aromatic heterocycles. The van der Waals surface area contributed by atoms with Gasteiger partial charge in [0.1, 0.15) is 11.6 Å². The first-order valence-electron chi connectivity index (χ1n) is 11.4. The van der Waals surface area contributed by atoms with Gasteiger partial charge in [-0.2, -0.15) is 0 Å². The minimum Gasteiger partial charge on any atom is -0.408 e. The first-order chi connectivity index (χ1) is 14.7. The number of oxazole rings is 1. The summed E-state index contributed by atoms with van der Waals surface area (Å²) in [6.45, 7) is 5.31. The van der Waals surface area contributed by atoms with E-state index in [2.05, 4.69) is 24.3 Å². The molecule has 1 spiro atoms. The van der Waals surface area contributed by atoms with E-state index in [0.29, 0.717) is 17.4 Å². The van der Waals surface area contributed by atoms with Crippen LogP contribution in [0.5, 0.6) is 0 Å². The number of aryl methyl sites for hydroxylation is 1. The molecule has 1 aliphatic carbocycles. The number of rotatable bonds is 5. The fraction of sp³-hybridized carbons (Fsp3) is 0.480. The van der Waals surface area contributed by atoms with Gasteiger partial charge < -0.3 is 13.6 Å². The van der Waals surface area contributed by atoms with Crippen molar-refractivity contribution in [1.82, 2.24) is 4.57 Å². The van der Waals surface area contributed by atoms with Crippen LogP contribution in [0.4, 0.5) is 0 Å². The SMILES string of the molecule is O=c1oc2ccccc2n1CCCC[N+]12CC3CC1C(C2)C31OCc2ccccc21. The predicted octanol–water partition coefficient (Wildman–Crippen LogP) is 3.65. The lowest BCUT2D eigenvalue weighted by Gasteiger charge is -2.61. The Bertz CT molecular complexity index is 1210. The molecule has 5 unspecified atom stereocenters. The van der Waals surface area contributed by atoms with Gasteiger partial charge >= 0.3 is 5.76 Å². The average Bonchev–Trinajstić information content (AvgIpc) is 3.44. The van der Waals surface area contributed by atoms with Gasteiger partial charge in [-0.05, 0) is 36.1 Å². The van der Waals surface area contributed by atoms with Crippen molar-refractivity contribution in [1.29, 1.82) is 0 Å². The Morgan fingerprint density at radius 1 is 1.07 bits per heavy atom. The third kappa shape index (κ3) is 2.02. The first kappa shape index (κ1) is 17.3. The third-order valence-corrected chi connectivity index (χ3v) is 8.71. The second kappa shape index (κ2) is 5.86. The van der Waals surface area contributed by atoms with E-state index in [0.717, 1.165) is 37.6 Å². The predicted molar refractivity (Wildman–Crippen MR) is 113 cm³/mol. The molecular formula is C25H27N2O3+. The molecule has 0 amide bonds. The number of quaternary nitrogens is 1. The molecule has 4 aliphatic rings. The van der Waals surface area contributed by atoms with Crippen molar-refractivity contribution in [3.05, 3.63) is 70.2 Å². The molecule has 4 heterocycles. The fourth-order valence-corrected chi connectivity index (χ4v) is 7.55. The quantitative estimate of drug-likeness (QED) is 0.483. The van der Waals surface area contributed by atoms with Gasteiger partial charge in [0.05, 0.1) is 37.7 Å². The number of fused-ring (bicyclic) bond motifs is 6. The molecule has 0 radical (unpaired) electrons. The van der Waals surface area contributed by atoms with Crippen LogP contribution in [0.25, 0.3) is 11.1 Å². The van der Waals surface area contributed by atoms with E-state index in [1.165, 1.54) is 41.7 Å². The van der Waals surface area contributed by atoms with Crippen LogP contribution in [-0.2, 0) is 23.5 Å². The van der Waals surface area contributed by atoms with Crippen LogP contribution >= 0.6 is 0 Å². The zero-order valence-corrected chi connectivity index (χ0v) is 17.1. The maximum Gasteiger partial charge on any atom is 0.419 e. The van der Waals surface area contributed by atoms with Crippen molar-refractivity contribution in [3.63, 3.8) is 0 Å². The molecule has 3 aliphatic heterocycles. The zero-order valence-electron chi connectivity index (χ0n) is 17.1. The second-order valence-electron chi connectivity index (χ2n) is 9.85. The van der Waals surface area contributed by atoms with Gasteiger partial charge in [0.25, 0.3) is 0 Å². The molecular weight excluding hydrogens is 376 g/mol. The summed E-state index contributed by atoms with van der Waals surface area (Å²) < 4.78 is 15.0. The summed E-state index contributed by atoms with van der Waals surface area (Å²) >= 11 is 0. The van der Waals surface area contributed by atoms with Crippen molar-refractivity contribution in [2.45, 2.75) is 44.1 Å². The highest BCUT2D eigenvalue weighted by Crippen LogP contribution is 2.67. The minimum absolute atomic E-state index is 0.0181. The Kier molecular flexibility index (Phi) is 3.38. The monoisotopic (exact) mass is 403 g/mol. The maximum absolute atomic E-state index is 12.2. The molecule has 2 aromatic carbocycles. The number of unbranched alkanes of at least 4 members (excludes halogenated alkanes) is 1. The summed E-state index contributed by atoms with van der Waals surface area (Å²) in [5.74, 6) is 1.14. The molecule has 5 heteroatoms. The number of nitrogens with zero attached hydrogens (tertiary/aromatic N) is 2. The Morgan fingerprint density at radius 2 is 1.93 bits per heavy atom. The Balaban J connectivity index is 1.04. The zero-order chi connectivity index (χ0) is 19.9. The molecule has 3 fully saturated rings. The summed E-state index contributed by atoms with van der Waals surface area (Å²) in [6, 6.07) is 17.4. The maximum atomic E-state index is 12.2. The number of ether oxygens (including phenoxy) is 1. The van der Waals surface area contributed by atoms with Crippen LogP contribution in [0.15, 0.2) is 57.7 Å². The number of aromatic nitrogens is 1. The van der Waals surface area contributed by atoms with E-state index in [4.69, 9.17) is 9.15 Å². The van der Waals surface area contributed by atoms with Crippen molar-refractivity contribution in [2.75, 3.05) is 19.6 Å². The largest absolute Gasteiger partial charge is 0.419 e. The fourth-order valence-electron chi connectivity index (χ4n) is 7.55. The molecule has 7 rings (SSSR count). The number of benzene rings is 2.